The first-order valence-corrected chi connectivity index (χ1v) is 9.24. The number of carbonyl (C=O) groups is 1. The highest BCUT2D eigenvalue weighted by molar-refractivity contribution is 7.86. The van der Waals surface area contributed by atoms with Crippen molar-refractivity contribution in [2.75, 3.05) is 0 Å². The first-order chi connectivity index (χ1) is 11.5. The predicted molar refractivity (Wildman–Crippen MR) is 89.5 cm³/mol. The maximum Gasteiger partial charge on any atom is 0.317 e. The van der Waals surface area contributed by atoms with Crippen LogP contribution in [0.15, 0.2) is 59.5 Å². The van der Waals surface area contributed by atoms with Gasteiger partial charge in [-0.25, -0.2) is 0 Å². The van der Waals surface area contributed by atoms with Crippen molar-refractivity contribution in [2.24, 2.45) is 0 Å². The lowest BCUT2D eigenvalue weighted by molar-refractivity contribution is -0.189. The second-order valence-corrected chi connectivity index (χ2v) is 7.47. The molecule has 1 aliphatic heterocycles. The molecule has 24 heavy (non-hydrogen) atoms. The molecule has 3 rings (SSSR count). The van der Waals surface area contributed by atoms with Crippen LogP contribution in [0.2, 0.25) is 0 Å². The fourth-order valence-corrected chi connectivity index (χ4v) is 3.59. The molecule has 2 aromatic carbocycles. The van der Waals surface area contributed by atoms with E-state index >= 15 is 0 Å². The zero-order chi connectivity index (χ0) is 17.2. The van der Waals surface area contributed by atoms with Gasteiger partial charge in [0.15, 0.2) is 0 Å². The average molecular weight is 345 g/mol. The van der Waals surface area contributed by atoms with Gasteiger partial charge in [0.25, 0.3) is 0 Å². The maximum absolute atomic E-state index is 12.3. The summed E-state index contributed by atoms with van der Waals surface area (Å²) in [5.41, 5.74) is 2.10. The lowest BCUT2D eigenvalue weighted by Crippen LogP contribution is -2.53. The summed E-state index contributed by atoms with van der Waals surface area (Å²) in [5, 5.41) is 0.998. The van der Waals surface area contributed by atoms with Gasteiger partial charge in [-0.3, -0.25) is 4.79 Å². The van der Waals surface area contributed by atoms with Gasteiger partial charge in [0, 0.05) is 0 Å². The molecular weight excluding hydrogens is 326 g/mol. The number of amides is 1. The van der Waals surface area contributed by atoms with Crippen molar-refractivity contribution in [1.82, 2.24) is 5.06 Å². The molecular formula is C18H19NO4S. The van der Waals surface area contributed by atoms with Gasteiger partial charge in [-0.1, -0.05) is 48.0 Å². The molecule has 1 saturated heterocycles. The van der Waals surface area contributed by atoms with Gasteiger partial charge in [0.1, 0.15) is 0 Å². The molecule has 1 amide bonds. The first-order valence-electron chi connectivity index (χ1n) is 7.83. The molecule has 1 fully saturated rings. The number of rotatable bonds is 6. The van der Waals surface area contributed by atoms with Crippen molar-refractivity contribution in [3.8, 4) is 0 Å². The van der Waals surface area contributed by atoms with Crippen molar-refractivity contribution in [3.63, 3.8) is 0 Å². The van der Waals surface area contributed by atoms with Crippen molar-refractivity contribution in [1.29, 1.82) is 0 Å². The Labute approximate surface area is 141 Å². The van der Waals surface area contributed by atoms with Crippen LogP contribution in [-0.2, 0) is 25.6 Å². The number of β-lactam (4-membered cyclic amide) rings is 1. The Hall–Kier alpha value is -2.18. The summed E-state index contributed by atoms with van der Waals surface area (Å²) in [7, 11) is -3.98. The fourth-order valence-electron chi connectivity index (χ4n) is 2.62. The molecule has 0 saturated carbocycles. The summed E-state index contributed by atoms with van der Waals surface area (Å²) in [6.07, 6.45) is 1.75. The Morgan fingerprint density at radius 3 is 2.38 bits per heavy atom. The lowest BCUT2D eigenvalue weighted by Gasteiger charge is -2.37. The van der Waals surface area contributed by atoms with Crippen LogP contribution in [0, 0.1) is 6.92 Å². The van der Waals surface area contributed by atoms with E-state index in [9.17, 15) is 13.2 Å². The molecule has 1 unspecified atom stereocenters. The minimum absolute atomic E-state index is 0.0506. The summed E-state index contributed by atoms with van der Waals surface area (Å²) in [6.45, 7) is 1.87. The molecule has 126 valence electrons. The van der Waals surface area contributed by atoms with Crippen LogP contribution in [0.1, 0.15) is 24.0 Å². The second-order valence-electron chi connectivity index (χ2n) is 5.94. The van der Waals surface area contributed by atoms with Crippen LogP contribution in [0.4, 0.5) is 0 Å². The van der Waals surface area contributed by atoms with Gasteiger partial charge < -0.3 is 0 Å². The van der Waals surface area contributed by atoms with Gasteiger partial charge in [0.2, 0.25) is 5.91 Å². The third kappa shape index (κ3) is 3.66. The molecule has 0 N–H and O–H groups in total. The van der Waals surface area contributed by atoms with Gasteiger partial charge in [-0.15, -0.1) is 4.28 Å². The minimum Gasteiger partial charge on any atom is -0.272 e. The summed E-state index contributed by atoms with van der Waals surface area (Å²) < 4.78 is 29.7. The summed E-state index contributed by atoms with van der Waals surface area (Å²) in [5.74, 6) is -0.302. The van der Waals surface area contributed by atoms with E-state index in [-0.39, 0.29) is 16.8 Å². The summed E-state index contributed by atoms with van der Waals surface area (Å²) >= 11 is 0. The van der Waals surface area contributed by atoms with Crippen LogP contribution in [0.3, 0.4) is 0 Å². The highest BCUT2D eigenvalue weighted by Crippen LogP contribution is 2.27. The van der Waals surface area contributed by atoms with Crippen LogP contribution < -0.4 is 0 Å². The molecule has 6 heteroatoms. The molecule has 0 aliphatic carbocycles. The van der Waals surface area contributed by atoms with Gasteiger partial charge >= 0.3 is 10.1 Å². The van der Waals surface area contributed by atoms with Crippen molar-refractivity contribution < 1.29 is 17.5 Å². The van der Waals surface area contributed by atoms with E-state index in [4.69, 9.17) is 4.28 Å². The number of hydrogen-bond donors (Lipinski definition) is 0. The molecule has 0 radical (unpaired) electrons. The number of hydrogen-bond acceptors (Lipinski definition) is 4. The molecule has 5 nitrogen and oxygen atoms in total. The molecule has 1 heterocycles. The highest BCUT2D eigenvalue weighted by Gasteiger charge is 2.40. The molecule has 1 atom stereocenters. The van der Waals surface area contributed by atoms with E-state index in [1.807, 2.05) is 37.3 Å². The van der Waals surface area contributed by atoms with E-state index in [0.717, 1.165) is 22.6 Å². The third-order valence-corrected chi connectivity index (χ3v) is 5.29. The topological polar surface area (TPSA) is 63.7 Å². The number of nitrogens with zero attached hydrogens (tertiary/aromatic N) is 1. The van der Waals surface area contributed by atoms with Crippen LogP contribution >= 0.6 is 0 Å². The van der Waals surface area contributed by atoms with Crippen LogP contribution in [0.25, 0.3) is 0 Å². The first kappa shape index (κ1) is 16.7. The monoisotopic (exact) mass is 345 g/mol. The van der Waals surface area contributed by atoms with Crippen molar-refractivity contribution >= 4 is 16.0 Å². The van der Waals surface area contributed by atoms with E-state index in [1.54, 1.807) is 12.1 Å². The molecule has 0 spiro atoms. The third-order valence-electron chi connectivity index (χ3n) is 4.08. The smallest absolute Gasteiger partial charge is 0.272 e. The zero-order valence-corrected chi connectivity index (χ0v) is 14.2. The molecule has 0 aromatic heterocycles. The minimum atomic E-state index is -3.98. The molecule has 0 bridgehead atoms. The molecule has 1 aliphatic rings. The predicted octanol–water partition coefficient (Wildman–Crippen LogP) is 2.85. The Balaban J connectivity index is 1.64. The highest BCUT2D eigenvalue weighted by atomic mass is 32.2. The summed E-state index contributed by atoms with van der Waals surface area (Å²) in [6, 6.07) is 16.0. The lowest BCUT2D eigenvalue weighted by atomic mass is 9.97. The Kier molecular flexibility index (Phi) is 4.69. The van der Waals surface area contributed by atoms with Gasteiger partial charge in [-0.2, -0.15) is 13.5 Å². The Morgan fingerprint density at radius 1 is 1.08 bits per heavy atom. The van der Waals surface area contributed by atoms with E-state index in [2.05, 4.69) is 0 Å². The normalized spacial score (nSPS) is 17.6. The second kappa shape index (κ2) is 6.75. The quantitative estimate of drug-likeness (QED) is 0.755. The fraction of sp³-hybridized carbons (Fsp3) is 0.278. The van der Waals surface area contributed by atoms with Crippen molar-refractivity contribution in [3.05, 3.63) is 65.7 Å². The number of carbonyl (C=O) groups excluding carboxylic acids is 1. The van der Waals surface area contributed by atoms with Gasteiger partial charge in [-0.05, 0) is 37.5 Å². The Morgan fingerprint density at radius 2 is 1.75 bits per heavy atom. The summed E-state index contributed by atoms with van der Waals surface area (Å²) in [4.78, 5) is 11.8. The Bertz CT molecular complexity index is 816. The number of hydroxylamine groups is 2. The standard InChI is InChI=1S/C18H19NO4S/c1-14-7-11-17(12-8-14)24(21,22)23-19-16(13-18(19)20)10-9-15-5-3-2-4-6-15/h2-8,11-12,16H,9-10,13H2,1H3. The van der Waals surface area contributed by atoms with Gasteiger partial charge in [0.05, 0.1) is 17.4 Å². The number of aryl methyl sites for hydroxylation is 2. The van der Waals surface area contributed by atoms with E-state index in [0.29, 0.717) is 12.8 Å². The van der Waals surface area contributed by atoms with Crippen molar-refractivity contribution in [2.45, 2.75) is 37.1 Å². The maximum atomic E-state index is 12.3. The van der Waals surface area contributed by atoms with E-state index in [1.165, 1.54) is 12.1 Å². The number of benzene rings is 2. The zero-order valence-electron chi connectivity index (χ0n) is 13.4. The largest absolute Gasteiger partial charge is 0.317 e. The average Bonchev–Trinajstić information content (AvgIpc) is 2.58. The van der Waals surface area contributed by atoms with Crippen LogP contribution in [-0.4, -0.2) is 25.4 Å². The van der Waals surface area contributed by atoms with Crippen LogP contribution in [0.5, 0.6) is 0 Å². The SMILES string of the molecule is Cc1ccc(S(=O)(=O)ON2C(=O)CC2CCc2ccccc2)cc1. The van der Waals surface area contributed by atoms with E-state index < -0.39 is 10.1 Å². The molecule has 2 aromatic rings.